The molecular formula is C25H26N4OS. The number of carbonyl (C=O) groups is 1. The molecule has 2 heterocycles. The zero-order valence-corrected chi connectivity index (χ0v) is 19.3. The Morgan fingerprint density at radius 1 is 0.806 bits per heavy atom. The first kappa shape index (κ1) is 20.9. The Balaban J connectivity index is 1.89. The van der Waals surface area contributed by atoms with Crippen LogP contribution >= 0.6 is 11.3 Å². The van der Waals surface area contributed by atoms with E-state index in [1.54, 1.807) is 0 Å². The molecule has 31 heavy (non-hydrogen) atoms. The number of benzene rings is 2. The Bertz CT molecular complexity index is 1200. The number of anilines is 2. The molecule has 0 atom stereocenters. The molecule has 0 bridgehead atoms. The Hall–Kier alpha value is -3.38. The van der Waals surface area contributed by atoms with Crippen LogP contribution in [-0.2, 0) is 7.05 Å². The third-order valence-electron chi connectivity index (χ3n) is 5.37. The molecule has 0 saturated heterocycles. The maximum absolute atomic E-state index is 11.2. The Kier molecular flexibility index (Phi) is 5.65. The van der Waals surface area contributed by atoms with Crippen molar-refractivity contribution in [2.24, 2.45) is 7.05 Å². The summed E-state index contributed by atoms with van der Waals surface area (Å²) >= 11 is 1.46. The molecule has 2 aromatic heterocycles. The summed E-state index contributed by atoms with van der Waals surface area (Å²) in [6.45, 7) is 0. The molecule has 0 aliphatic rings. The Labute approximate surface area is 187 Å². The van der Waals surface area contributed by atoms with E-state index in [-0.39, 0.29) is 0 Å². The molecule has 0 saturated carbocycles. The average molecular weight is 431 g/mol. The van der Waals surface area contributed by atoms with E-state index in [0.29, 0.717) is 4.88 Å². The van der Waals surface area contributed by atoms with Gasteiger partial charge in [-0.25, -0.2) is 4.98 Å². The number of hydrogen-bond donors (Lipinski definition) is 0. The standard InChI is InChI=1S/C25H26N4OS/c1-27(2)19-10-6-17(7-11-19)23-24(18-8-12-20(13-9-18)28(3)4)29(5)25(26-23)22-15-14-21(16-30)31-22/h6-16H,1-5H3. The first-order valence-electron chi connectivity index (χ1n) is 10.1. The van der Waals surface area contributed by atoms with Gasteiger partial charge in [0.1, 0.15) is 0 Å². The van der Waals surface area contributed by atoms with E-state index in [0.717, 1.165) is 50.9 Å². The molecule has 0 spiro atoms. The molecule has 0 N–H and O–H groups in total. The third-order valence-corrected chi connectivity index (χ3v) is 6.38. The lowest BCUT2D eigenvalue weighted by Crippen LogP contribution is -2.08. The highest BCUT2D eigenvalue weighted by Gasteiger charge is 2.20. The van der Waals surface area contributed by atoms with Crippen molar-refractivity contribution in [2.45, 2.75) is 0 Å². The minimum Gasteiger partial charge on any atom is -0.378 e. The summed E-state index contributed by atoms with van der Waals surface area (Å²) < 4.78 is 2.13. The SMILES string of the molecule is CN(C)c1ccc(-c2nc(-c3ccc(C=O)s3)n(C)c2-c2ccc(N(C)C)cc2)cc1. The Morgan fingerprint density at radius 2 is 1.35 bits per heavy atom. The second-order valence-electron chi connectivity index (χ2n) is 7.89. The van der Waals surface area contributed by atoms with E-state index in [4.69, 9.17) is 4.98 Å². The van der Waals surface area contributed by atoms with Crippen molar-refractivity contribution in [3.8, 4) is 33.2 Å². The van der Waals surface area contributed by atoms with E-state index >= 15 is 0 Å². The molecule has 0 fully saturated rings. The van der Waals surface area contributed by atoms with Gasteiger partial charge in [0.15, 0.2) is 12.1 Å². The highest BCUT2D eigenvalue weighted by Crippen LogP contribution is 2.38. The van der Waals surface area contributed by atoms with Crippen LogP contribution in [0, 0.1) is 0 Å². The number of hydrogen-bond acceptors (Lipinski definition) is 5. The molecule has 6 heteroatoms. The van der Waals surface area contributed by atoms with Crippen LogP contribution in [0.3, 0.4) is 0 Å². The van der Waals surface area contributed by atoms with Crippen LogP contribution in [0.2, 0.25) is 0 Å². The van der Waals surface area contributed by atoms with Crippen LogP contribution in [0.25, 0.3) is 33.2 Å². The summed E-state index contributed by atoms with van der Waals surface area (Å²) in [6, 6.07) is 20.8. The van der Waals surface area contributed by atoms with Crippen LogP contribution in [0.5, 0.6) is 0 Å². The third kappa shape index (κ3) is 3.99. The summed E-state index contributed by atoms with van der Waals surface area (Å²) in [4.78, 5) is 22.1. The number of carbonyl (C=O) groups excluding carboxylic acids is 1. The summed E-state index contributed by atoms with van der Waals surface area (Å²) in [5.74, 6) is 0.858. The predicted molar refractivity (Wildman–Crippen MR) is 131 cm³/mol. The van der Waals surface area contributed by atoms with Gasteiger partial charge in [0, 0.05) is 57.7 Å². The van der Waals surface area contributed by atoms with Gasteiger partial charge in [0.25, 0.3) is 0 Å². The van der Waals surface area contributed by atoms with Crippen molar-refractivity contribution >= 4 is 29.0 Å². The maximum atomic E-state index is 11.2. The largest absolute Gasteiger partial charge is 0.378 e. The molecule has 0 radical (unpaired) electrons. The van der Waals surface area contributed by atoms with E-state index in [1.807, 2.05) is 47.4 Å². The zero-order valence-electron chi connectivity index (χ0n) is 18.5. The van der Waals surface area contributed by atoms with Crippen LogP contribution < -0.4 is 9.80 Å². The molecule has 158 valence electrons. The number of rotatable bonds is 6. The summed E-state index contributed by atoms with van der Waals surface area (Å²) in [5, 5.41) is 0. The Morgan fingerprint density at radius 3 is 1.84 bits per heavy atom. The van der Waals surface area contributed by atoms with E-state index < -0.39 is 0 Å². The number of aldehydes is 1. The van der Waals surface area contributed by atoms with E-state index in [9.17, 15) is 4.79 Å². The fourth-order valence-corrected chi connectivity index (χ4v) is 4.47. The lowest BCUT2D eigenvalue weighted by Gasteiger charge is -2.14. The van der Waals surface area contributed by atoms with Crippen LogP contribution in [0.4, 0.5) is 11.4 Å². The van der Waals surface area contributed by atoms with Crippen LogP contribution in [-0.4, -0.2) is 44.0 Å². The predicted octanol–water partition coefficient (Wildman–Crippen LogP) is 5.43. The van der Waals surface area contributed by atoms with Crippen molar-refractivity contribution in [3.05, 3.63) is 65.5 Å². The van der Waals surface area contributed by atoms with Gasteiger partial charge in [0.2, 0.25) is 0 Å². The monoisotopic (exact) mass is 430 g/mol. The normalized spacial score (nSPS) is 10.9. The van der Waals surface area contributed by atoms with Gasteiger partial charge in [-0.2, -0.15) is 0 Å². The van der Waals surface area contributed by atoms with E-state index in [1.165, 1.54) is 11.3 Å². The number of thiophene rings is 1. The van der Waals surface area contributed by atoms with Crippen molar-refractivity contribution in [3.63, 3.8) is 0 Å². The topological polar surface area (TPSA) is 41.4 Å². The molecular weight excluding hydrogens is 404 g/mol. The molecule has 4 aromatic rings. The van der Waals surface area contributed by atoms with Gasteiger partial charge < -0.3 is 14.4 Å². The fourth-order valence-electron chi connectivity index (χ4n) is 3.62. The highest BCUT2D eigenvalue weighted by atomic mass is 32.1. The number of nitrogens with zero attached hydrogens (tertiary/aromatic N) is 4. The average Bonchev–Trinajstić information content (AvgIpc) is 3.38. The minimum absolute atomic E-state index is 0.701. The van der Waals surface area contributed by atoms with E-state index in [2.05, 4.69) is 62.9 Å². The van der Waals surface area contributed by atoms with Crippen LogP contribution in [0.15, 0.2) is 60.7 Å². The summed E-state index contributed by atoms with van der Waals surface area (Å²) in [5.41, 5.74) is 6.44. The number of aromatic nitrogens is 2. The van der Waals surface area contributed by atoms with Crippen molar-refractivity contribution in [1.82, 2.24) is 9.55 Å². The second kappa shape index (κ2) is 8.40. The van der Waals surface area contributed by atoms with Gasteiger partial charge in [-0.15, -0.1) is 11.3 Å². The van der Waals surface area contributed by atoms with Gasteiger partial charge in [0.05, 0.1) is 21.1 Å². The number of imidazole rings is 1. The highest BCUT2D eigenvalue weighted by molar-refractivity contribution is 7.17. The quantitative estimate of drug-likeness (QED) is 0.383. The molecule has 5 nitrogen and oxygen atoms in total. The van der Waals surface area contributed by atoms with Crippen molar-refractivity contribution in [1.29, 1.82) is 0 Å². The maximum Gasteiger partial charge on any atom is 0.160 e. The molecule has 0 aliphatic carbocycles. The second-order valence-corrected chi connectivity index (χ2v) is 9.01. The lowest BCUT2D eigenvalue weighted by atomic mass is 10.0. The molecule has 2 aromatic carbocycles. The fraction of sp³-hybridized carbons (Fsp3) is 0.200. The van der Waals surface area contributed by atoms with Crippen LogP contribution in [0.1, 0.15) is 9.67 Å². The smallest absolute Gasteiger partial charge is 0.160 e. The van der Waals surface area contributed by atoms with Crippen molar-refractivity contribution < 1.29 is 4.79 Å². The molecule has 0 aliphatic heterocycles. The van der Waals surface area contributed by atoms with Gasteiger partial charge in [-0.05, 0) is 36.4 Å². The lowest BCUT2D eigenvalue weighted by molar-refractivity contribution is 0.112. The molecule has 4 rings (SSSR count). The first-order valence-corrected chi connectivity index (χ1v) is 10.9. The first-order chi connectivity index (χ1) is 14.9. The summed E-state index contributed by atoms with van der Waals surface area (Å²) in [6.07, 6.45) is 0.888. The molecule has 0 unspecified atom stereocenters. The van der Waals surface area contributed by atoms with Gasteiger partial charge in [-0.1, -0.05) is 24.3 Å². The minimum atomic E-state index is 0.701. The zero-order chi connectivity index (χ0) is 22.1. The van der Waals surface area contributed by atoms with Gasteiger partial charge >= 0.3 is 0 Å². The van der Waals surface area contributed by atoms with Crippen molar-refractivity contribution in [2.75, 3.05) is 38.0 Å². The summed E-state index contributed by atoms with van der Waals surface area (Å²) in [7, 11) is 10.2. The van der Waals surface area contributed by atoms with Gasteiger partial charge in [-0.3, -0.25) is 4.79 Å². The molecule has 0 amide bonds.